The summed E-state index contributed by atoms with van der Waals surface area (Å²) in [7, 11) is -3.81. The van der Waals surface area contributed by atoms with E-state index in [1.165, 1.54) is 53.4 Å². The number of anilines is 3. The van der Waals surface area contributed by atoms with Crippen molar-refractivity contribution in [2.75, 3.05) is 15.8 Å². The van der Waals surface area contributed by atoms with Gasteiger partial charge < -0.3 is 15.6 Å². The molecule has 2 heterocycles. The van der Waals surface area contributed by atoms with E-state index in [2.05, 4.69) is 25.4 Å². The molecule has 0 bridgehead atoms. The number of carbonyl (C=O) groups is 1. The first-order valence-corrected chi connectivity index (χ1v) is 11.0. The zero-order chi connectivity index (χ0) is 20.3. The molecule has 1 atom stereocenters. The molecule has 4 N–H and O–H groups in total. The molecule has 1 unspecified atom stereocenters. The number of benzene rings is 1. The molecule has 0 fully saturated rings. The van der Waals surface area contributed by atoms with Crippen LogP contribution in [0.5, 0.6) is 0 Å². The van der Waals surface area contributed by atoms with Gasteiger partial charge in [-0.25, -0.2) is 8.42 Å². The number of thioether (sulfide) groups is 1. The smallest absolute Gasteiger partial charge is 0.263 e. The lowest BCUT2D eigenvalue weighted by molar-refractivity contribution is -0.115. The Morgan fingerprint density at radius 2 is 2.00 bits per heavy atom. The average Bonchev–Trinajstić information content (AvgIpc) is 3.22. The summed E-state index contributed by atoms with van der Waals surface area (Å²) in [6, 6.07) is 7.24. The van der Waals surface area contributed by atoms with Gasteiger partial charge in [0.15, 0.2) is 10.2 Å². The second-order valence-corrected chi connectivity index (χ2v) is 9.89. The molecule has 0 spiro atoms. The number of aryl methyl sites for hydroxylation is 1. The number of aromatic nitrogens is 3. The number of hydrogen-bond acceptors (Lipinski definition) is 10. The minimum Gasteiger partial charge on any atom is -0.374 e. The van der Waals surface area contributed by atoms with Crippen LogP contribution in [0.1, 0.15) is 12.7 Å². The fourth-order valence-electron chi connectivity index (χ4n) is 2.05. The van der Waals surface area contributed by atoms with E-state index >= 15 is 0 Å². The maximum atomic E-state index is 12.4. The molecule has 0 aliphatic carbocycles. The fourth-order valence-corrected chi connectivity index (χ4v) is 4.81. The Morgan fingerprint density at radius 1 is 1.29 bits per heavy atom. The molecule has 28 heavy (non-hydrogen) atoms. The molecule has 2 aromatic heterocycles. The maximum Gasteiger partial charge on any atom is 0.263 e. The number of nitrogen functional groups attached to an aromatic ring is 1. The second kappa shape index (κ2) is 8.16. The molecule has 0 aliphatic heterocycles. The van der Waals surface area contributed by atoms with Gasteiger partial charge in [-0.15, -0.1) is 10.2 Å². The van der Waals surface area contributed by atoms with Crippen molar-refractivity contribution in [3.05, 3.63) is 36.1 Å². The van der Waals surface area contributed by atoms with Crippen molar-refractivity contribution in [1.29, 1.82) is 0 Å². The largest absolute Gasteiger partial charge is 0.374 e. The average molecular weight is 441 g/mol. The van der Waals surface area contributed by atoms with Gasteiger partial charge in [0.05, 0.1) is 10.1 Å². The van der Waals surface area contributed by atoms with E-state index in [1.807, 2.05) is 0 Å². The summed E-state index contributed by atoms with van der Waals surface area (Å²) >= 11 is 2.43. The highest BCUT2D eigenvalue weighted by molar-refractivity contribution is 8.02. The van der Waals surface area contributed by atoms with Gasteiger partial charge in [-0.3, -0.25) is 9.52 Å². The van der Waals surface area contributed by atoms with Gasteiger partial charge in [0, 0.05) is 11.8 Å². The molecule has 0 saturated carbocycles. The first kappa shape index (κ1) is 20.1. The van der Waals surface area contributed by atoms with E-state index < -0.39 is 15.3 Å². The molecular formula is C15H16N6O4S3. The Balaban J connectivity index is 1.62. The lowest BCUT2D eigenvalue weighted by Gasteiger charge is -2.11. The molecule has 3 rings (SSSR count). The number of amides is 1. The highest BCUT2D eigenvalue weighted by Crippen LogP contribution is 2.28. The summed E-state index contributed by atoms with van der Waals surface area (Å²) in [4.78, 5) is 12.3. The van der Waals surface area contributed by atoms with Crippen molar-refractivity contribution < 1.29 is 17.7 Å². The van der Waals surface area contributed by atoms with Crippen LogP contribution in [0.2, 0.25) is 0 Å². The quantitative estimate of drug-likeness (QED) is 0.470. The van der Waals surface area contributed by atoms with E-state index in [0.29, 0.717) is 20.9 Å². The second-order valence-electron chi connectivity index (χ2n) is 5.61. The van der Waals surface area contributed by atoms with Crippen molar-refractivity contribution in [2.24, 2.45) is 0 Å². The molecule has 1 aromatic carbocycles. The normalized spacial score (nSPS) is 12.5. The first-order valence-electron chi connectivity index (χ1n) is 7.85. The summed E-state index contributed by atoms with van der Waals surface area (Å²) in [6.07, 6.45) is 0. The maximum absolute atomic E-state index is 12.4. The number of hydrogen-bond donors (Lipinski definition) is 3. The van der Waals surface area contributed by atoms with E-state index in [4.69, 9.17) is 10.3 Å². The fraction of sp³-hybridized carbons (Fsp3) is 0.200. The van der Waals surface area contributed by atoms with Crippen LogP contribution in [0.15, 0.2) is 44.1 Å². The number of nitrogens with zero attached hydrogens (tertiary/aromatic N) is 3. The summed E-state index contributed by atoms with van der Waals surface area (Å²) in [5, 5.41) is 13.8. The third kappa shape index (κ3) is 4.99. The highest BCUT2D eigenvalue weighted by Gasteiger charge is 2.19. The number of sulfonamides is 1. The van der Waals surface area contributed by atoms with E-state index in [9.17, 15) is 13.2 Å². The molecule has 10 nitrogen and oxygen atoms in total. The van der Waals surface area contributed by atoms with Gasteiger partial charge in [0.25, 0.3) is 10.0 Å². The molecular weight excluding hydrogens is 424 g/mol. The van der Waals surface area contributed by atoms with Gasteiger partial charge in [-0.2, -0.15) is 0 Å². The summed E-state index contributed by atoms with van der Waals surface area (Å²) in [5.41, 5.74) is 5.98. The minimum absolute atomic E-state index is 0.0258. The molecule has 0 radical (unpaired) electrons. The van der Waals surface area contributed by atoms with Crippen molar-refractivity contribution >= 4 is 55.7 Å². The Bertz CT molecular complexity index is 1080. The van der Waals surface area contributed by atoms with Crippen molar-refractivity contribution in [3.8, 4) is 0 Å². The number of rotatable bonds is 7. The van der Waals surface area contributed by atoms with Gasteiger partial charge in [-0.05, 0) is 38.1 Å². The summed E-state index contributed by atoms with van der Waals surface area (Å²) < 4.78 is 32.5. The van der Waals surface area contributed by atoms with E-state index in [0.717, 1.165) is 0 Å². The Labute approximate surface area is 169 Å². The van der Waals surface area contributed by atoms with Crippen LogP contribution in [0.4, 0.5) is 16.6 Å². The summed E-state index contributed by atoms with van der Waals surface area (Å²) in [6.45, 7) is 3.38. The van der Waals surface area contributed by atoms with Crippen LogP contribution in [0.25, 0.3) is 0 Å². The molecule has 1 amide bonds. The highest BCUT2D eigenvalue weighted by atomic mass is 32.2. The van der Waals surface area contributed by atoms with E-state index in [-0.39, 0.29) is 16.6 Å². The Kier molecular flexibility index (Phi) is 5.86. The zero-order valence-corrected chi connectivity index (χ0v) is 17.2. The lowest BCUT2D eigenvalue weighted by atomic mass is 10.3. The number of nitrogens with two attached hydrogens (primary N) is 1. The molecule has 0 saturated heterocycles. The van der Waals surface area contributed by atoms with Crippen LogP contribution in [0.3, 0.4) is 0 Å². The van der Waals surface area contributed by atoms with Crippen molar-refractivity contribution in [2.45, 2.75) is 28.3 Å². The molecule has 0 aliphatic rings. The standard InChI is InChI=1S/C15H16N6O4S3/c1-8-7-12(20-25-8)21-28(23,24)11-5-3-10(4-6-11)17-13(22)9(2)26-15-19-18-14(16)27-15/h3-7,9H,1-2H3,(H2,16,18)(H,17,22)(H,20,21). The van der Waals surface area contributed by atoms with Crippen molar-refractivity contribution in [3.63, 3.8) is 0 Å². The molecule has 148 valence electrons. The molecule has 13 heteroatoms. The van der Waals surface area contributed by atoms with Gasteiger partial charge in [0.2, 0.25) is 11.0 Å². The summed E-state index contributed by atoms with van der Waals surface area (Å²) in [5.74, 6) is 0.322. The van der Waals surface area contributed by atoms with Crippen LogP contribution in [-0.2, 0) is 14.8 Å². The SMILES string of the molecule is Cc1cc(NS(=O)(=O)c2ccc(NC(=O)C(C)Sc3nnc(N)s3)cc2)no1. The van der Waals surface area contributed by atoms with Crippen LogP contribution in [-0.4, -0.2) is 34.9 Å². The number of nitrogens with one attached hydrogen (secondary N) is 2. The molecule has 3 aromatic rings. The Hall–Kier alpha value is -2.64. The van der Waals surface area contributed by atoms with Gasteiger partial charge in [0.1, 0.15) is 5.76 Å². The monoisotopic (exact) mass is 440 g/mol. The van der Waals surface area contributed by atoms with Gasteiger partial charge >= 0.3 is 0 Å². The van der Waals surface area contributed by atoms with Crippen molar-refractivity contribution in [1.82, 2.24) is 15.4 Å². The van der Waals surface area contributed by atoms with Gasteiger partial charge in [-0.1, -0.05) is 28.3 Å². The lowest BCUT2D eigenvalue weighted by Crippen LogP contribution is -2.22. The van der Waals surface area contributed by atoms with Crippen LogP contribution < -0.4 is 15.8 Å². The predicted octanol–water partition coefficient (Wildman–Crippen LogP) is 2.34. The first-order chi connectivity index (χ1) is 13.2. The van der Waals surface area contributed by atoms with Crippen LogP contribution >= 0.6 is 23.1 Å². The predicted molar refractivity (Wildman–Crippen MR) is 107 cm³/mol. The topological polar surface area (TPSA) is 153 Å². The minimum atomic E-state index is -3.81. The van der Waals surface area contributed by atoms with Crippen LogP contribution in [0, 0.1) is 6.92 Å². The number of carbonyl (C=O) groups excluding carboxylic acids is 1. The zero-order valence-electron chi connectivity index (χ0n) is 14.7. The van der Waals surface area contributed by atoms with E-state index in [1.54, 1.807) is 13.8 Å². The Morgan fingerprint density at radius 3 is 2.57 bits per heavy atom. The third-order valence-corrected chi connectivity index (χ3v) is 6.68. The third-order valence-electron chi connectivity index (χ3n) is 3.37.